The highest BCUT2D eigenvalue weighted by molar-refractivity contribution is 8.15. The second kappa shape index (κ2) is 8.44. The molecule has 1 saturated heterocycles. The summed E-state index contributed by atoms with van der Waals surface area (Å²) in [5.41, 5.74) is 1.46. The van der Waals surface area contributed by atoms with E-state index in [0.29, 0.717) is 10.7 Å². The van der Waals surface area contributed by atoms with Gasteiger partial charge in [0.25, 0.3) is 0 Å². The van der Waals surface area contributed by atoms with Crippen molar-refractivity contribution in [1.82, 2.24) is 5.32 Å². The highest BCUT2D eigenvalue weighted by atomic mass is 32.2. The smallest absolute Gasteiger partial charge is 0.240 e. The Labute approximate surface area is 155 Å². The highest BCUT2D eigenvalue weighted by Gasteiger charge is 2.32. The summed E-state index contributed by atoms with van der Waals surface area (Å²) >= 11 is 1.22. The lowest BCUT2D eigenvalue weighted by Crippen LogP contribution is -2.26. The van der Waals surface area contributed by atoms with Crippen LogP contribution in [-0.2, 0) is 4.79 Å². The lowest BCUT2D eigenvalue weighted by molar-refractivity contribution is -0.118. The molecule has 2 aromatic carbocycles. The van der Waals surface area contributed by atoms with E-state index in [4.69, 9.17) is 4.74 Å². The molecule has 1 aliphatic heterocycles. The summed E-state index contributed by atoms with van der Waals surface area (Å²) in [6, 6.07) is 16.3. The molecule has 0 aromatic heterocycles. The van der Waals surface area contributed by atoms with Gasteiger partial charge in [-0.25, -0.2) is 0 Å². The minimum absolute atomic E-state index is 0.0683. The predicted octanol–water partition coefficient (Wildman–Crippen LogP) is 2.89. The van der Waals surface area contributed by atoms with E-state index in [1.165, 1.54) is 11.8 Å². The topological polar surface area (TPSA) is 80.1 Å². The van der Waals surface area contributed by atoms with Crippen LogP contribution in [0.2, 0.25) is 0 Å². The Bertz CT molecular complexity index is 848. The summed E-state index contributed by atoms with van der Waals surface area (Å²) in [7, 11) is 1.61. The molecule has 1 atom stereocenters. The van der Waals surface area contributed by atoms with E-state index in [9.17, 15) is 9.59 Å². The zero-order chi connectivity index (χ0) is 18.4. The molecule has 3 rings (SSSR count). The first-order chi connectivity index (χ1) is 12.7. The lowest BCUT2D eigenvalue weighted by atomic mass is 10.1. The number of rotatable bonds is 6. The Kier molecular flexibility index (Phi) is 5.80. The van der Waals surface area contributed by atoms with Gasteiger partial charge >= 0.3 is 0 Å². The Morgan fingerprint density at radius 3 is 2.62 bits per heavy atom. The quantitative estimate of drug-likeness (QED) is 0.484. The lowest BCUT2D eigenvalue weighted by Gasteiger charge is -2.04. The van der Waals surface area contributed by atoms with Gasteiger partial charge in [0.2, 0.25) is 5.91 Å². The molecule has 1 amide bonds. The maximum atomic E-state index is 12.2. The van der Waals surface area contributed by atoms with Gasteiger partial charge in [-0.1, -0.05) is 42.1 Å². The van der Waals surface area contributed by atoms with Gasteiger partial charge in [0, 0.05) is 12.0 Å². The Morgan fingerprint density at radius 2 is 1.92 bits per heavy atom. The van der Waals surface area contributed by atoms with Crippen molar-refractivity contribution < 1.29 is 14.3 Å². The van der Waals surface area contributed by atoms with Crippen molar-refractivity contribution in [2.45, 2.75) is 11.7 Å². The average Bonchev–Trinajstić information content (AvgIpc) is 3.02. The molecule has 0 saturated carbocycles. The molecule has 0 bridgehead atoms. The number of Topliss-reactive ketones (excluding diaryl/α,β-unsaturated/α-hetero) is 1. The number of carbonyl (C=O) groups excluding carboxylic acids is 2. The van der Waals surface area contributed by atoms with Gasteiger partial charge in [0.15, 0.2) is 11.0 Å². The van der Waals surface area contributed by atoms with Crippen LogP contribution in [0.4, 0.5) is 0 Å². The first-order valence-corrected chi connectivity index (χ1v) is 8.84. The van der Waals surface area contributed by atoms with Crippen molar-refractivity contribution in [3.8, 4) is 5.75 Å². The zero-order valence-corrected chi connectivity index (χ0v) is 14.9. The summed E-state index contributed by atoms with van der Waals surface area (Å²) in [5.74, 6) is 0.469. The van der Waals surface area contributed by atoms with Gasteiger partial charge in [-0.2, -0.15) is 5.10 Å². The maximum absolute atomic E-state index is 12.2. The normalized spacial score (nSPS) is 18.3. The Balaban J connectivity index is 1.59. The van der Waals surface area contributed by atoms with Crippen LogP contribution in [0.5, 0.6) is 5.75 Å². The van der Waals surface area contributed by atoms with Crippen molar-refractivity contribution in [3.63, 3.8) is 0 Å². The number of methoxy groups -OCH3 is 1. The molecule has 1 heterocycles. The maximum Gasteiger partial charge on any atom is 0.240 e. The fraction of sp³-hybridized carbons (Fsp3) is 0.158. The fourth-order valence-electron chi connectivity index (χ4n) is 2.33. The molecule has 0 aliphatic carbocycles. The summed E-state index contributed by atoms with van der Waals surface area (Å²) in [6.07, 6.45) is 1.71. The van der Waals surface area contributed by atoms with Crippen molar-refractivity contribution in [2.24, 2.45) is 10.2 Å². The molecule has 132 valence electrons. The molecule has 0 unspecified atom stereocenters. The van der Waals surface area contributed by atoms with Gasteiger partial charge < -0.3 is 10.1 Å². The van der Waals surface area contributed by atoms with Crippen LogP contribution < -0.4 is 10.1 Å². The third-order valence-corrected chi connectivity index (χ3v) is 4.79. The number of ether oxygens (including phenoxy) is 1. The molecule has 1 aliphatic rings. The van der Waals surface area contributed by atoms with E-state index in [0.717, 1.165) is 11.3 Å². The van der Waals surface area contributed by atoms with Crippen LogP contribution in [-0.4, -0.2) is 35.4 Å². The van der Waals surface area contributed by atoms with E-state index >= 15 is 0 Å². The van der Waals surface area contributed by atoms with Crippen LogP contribution in [0, 0.1) is 0 Å². The van der Waals surface area contributed by atoms with Crippen LogP contribution in [0.25, 0.3) is 0 Å². The van der Waals surface area contributed by atoms with Crippen LogP contribution in [0.15, 0.2) is 64.8 Å². The molecule has 1 N–H and O–H groups in total. The van der Waals surface area contributed by atoms with Crippen molar-refractivity contribution in [2.75, 3.05) is 7.11 Å². The van der Waals surface area contributed by atoms with Crippen LogP contribution in [0.1, 0.15) is 22.3 Å². The minimum atomic E-state index is -0.488. The predicted molar refractivity (Wildman–Crippen MR) is 103 cm³/mol. The minimum Gasteiger partial charge on any atom is -0.497 e. The molecule has 26 heavy (non-hydrogen) atoms. The third-order valence-electron chi connectivity index (χ3n) is 3.71. The second-order valence-corrected chi connectivity index (χ2v) is 6.70. The fourth-order valence-corrected chi connectivity index (χ4v) is 3.26. The van der Waals surface area contributed by atoms with Crippen molar-refractivity contribution in [3.05, 3.63) is 65.7 Å². The average molecular weight is 367 g/mol. The molecule has 7 heteroatoms. The van der Waals surface area contributed by atoms with E-state index < -0.39 is 5.25 Å². The van der Waals surface area contributed by atoms with Gasteiger partial charge in [0.1, 0.15) is 5.75 Å². The van der Waals surface area contributed by atoms with Gasteiger partial charge in [-0.3, -0.25) is 9.59 Å². The number of carbonyl (C=O) groups is 2. The van der Waals surface area contributed by atoms with Gasteiger partial charge in [-0.15, -0.1) is 5.10 Å². The van der Waals surface area contributed by atoms with Gasteiger partial charge in [0.05, 0.1) is 18.6 Å². The first-order valence-electron chi connectivity index (χ1n) is 7.96. The standard InChI is InChI=1S/C19H17N3O3S/c1-25-15-9-7-13(8-10-15)12-20-22-19-21-18(24)17(26-19)11-16(23)14-5-3-2-4-6-14/h2-10,12,17H,11H2,1H3,(H,21,22,24)/b20-12-/t17-/m0/s1. The summed E-state index contributed by atoms with van der Waals surface area (Å²) < 4.78 is 5.09. The molecule has 2 aromatic rings. The number of thioether (sulfide) groups is 1. The number of benzene rings is 2. The highest BCUT2D eigenvalue weighted by Crippen LogP contribution is 2.24. The largest absolute Gasteiger partial charge is 0.497 e. The monoisotopic (exact) mass is 367 g/mol. The molecule has 6 nitrogen and oxygen atoms in total. The van der Waals surface area contributed by atoms with E-state index in [1.807, 2.05) is 30.3 Å². The molecule has 0 spiro atoms. The molecular formula is C19H17N3O3S. The number of hydrogen-bond acceptors (Lipinski definition) is 6. The first kappa shape index (κ1) is 17.9. The number of nitrogens with zero attached hydrogens (tertiary/aromatic N) is 2. The SMILES string of the molecule is COc1ccc(/C=N\N=C2/NC(=O)[C@H](CC(=O)c3ccccc3)S2)cc1. The number of nitrogens with one attached hydrogen (secondary N) is 1. The van der Waals surface area contributed by atoms with E-state index in [-0.39, 0.29) is 18.1 Å². The number of amidine groups is 1. The Morgan fingerprint density at radius 1 is 1.19 bits per heavy atom. The van der Waals surface area contributed by atoms with E-state index in [1.54, 1.807) is 37.6 Å². The van der Waals surface area contributed by atoms with Gasteiger partial charge in [-0.05, 0) is 29.8 Å². The number of ketones is 1. The number of amides is 1. The van der Waals surface area contributed by atoms with Crippen LogP contribution >= 0.6 is 11.8 Å². The van der Waals surface area contributed by atoms with E-state index in [2.05, 4.69) is 15.5 Å². The third kappa shape index (κ3) is 4.58. The van der Waals surface area contributed by atoms with Crippen molar-refractivity contribution in [1.29, 1.82) is 0 Å². The summed E-state index contributed by atoms with van der Waals surface area (Å²) in [6.45, 7) is 0. The van der Waals surface area contributed by atoms with Crippen LogP contribution in [0.3, 0.4) is 0 Å². The second-order valence-electron chi connectivity index (χ2n) is 5.51. The summed E-state index contributed by atoms with van der Waals surface area (Å²) in [4.78, 5) is 24.3. The molecule has 1 fully saturated rings. The summed E-state index contributed by atoms with van der Waals surface area (Å²) in [5, 5.41) is 10.6. The molecular weight excluding hydrogens is 350 g/mol. The number of hydrogen-bond donors (Lipinski definition) is 1. The Hall–Kier alpha value is -2.93. The molecule has 0 radical (unpaired) electrons. The van der Waals surface area contributed by atoms with Crippen molar-refractivity contribution >= 4 is 34.8 Å². The zero-order valence-electron chi connectivity index (χ0n) is 14.1.